The topological polar surface area (TPSA) is 47.9 Å². The highest BCUT2D eigenvalue weighted by Crippen LogP contribution is 2.43. The van der Waals surface area contributed by atoms with Crippen LogP contribution in [0.4, 0.5) is 0 Å². The second-order valence-electron chi connectivity index (χ2n) is 4.81. The summed E-state index contributed by atoms with van der Waals surface area (Å²) in [6, 6.07) is 11.0. The summed E-state index contributed by atoms with van der Waals surface area (Å²) < 4.78 is 16.0. The number of benzene rings is 2. The molecule has 1 unspecified atom stereocenters. The van der Waals surface area contributed by atoms with Crippen molar-refractivity contribution in [2.75, 3.05) is 13.9 Å². The molecule has 0 radical (unpaired) electrons. The Kier molecular flexibility index (Phi) is 3.90. The van der Waals surface area contributed by atoms with Crippen LogP contribution in [0, 0.1) is 0 Å². The molecule has 1 heterocycles. The van der Waals surface area contributed by atoms with Crippen LogP contribution in [0.5, 0.6) is 17.2 Å². The lowest BCUT2D eigenvalue weighted by Crippen LogP contribution is -2.02. The molecule has 1 aliphatic rings. The molecule has 4 nitrogen and oxygen atoms in total. The zero-order valence-electron chi connectivity index (χ0n) is 11.5. The lowest BCUT2D eigenvalue weighted by molar-refractivity contribution is 0.170. The van der Waals surface area contributed by atoms with Crippen LogP contribution < -0.4 is 14.2 Å². The molecule has 2 aromatic rings. The summed E-state index contributed by atoms with van der Waals surface area (Å²) >= 11 is 5.96. The number of rotatable bonds is 4. The van der Waals surface area contributed by atoms with Crippen LogP contribution in [-0.2, 0) is 6.42 Å². The largest absolute Gasteiger partial charge is 0.493 e. The summed E-state index contributed by atoms with van der Waals surface area (Å²) in [7, 11) is 1.56. The summed E-state index contributed by atoms with van der Waals surface area (Å²) in [6.07, 6.45) is -0.213. The number of fused-ring (bicyclic) bond motifs is 1. The Hall–Kier alpha value is -1.91. The van der Waals surface area contributed by atoms with E-state index in [2.05, 4.69) is 0 Å². The quantitative estimate of drug-likeness (QED) is 0.941. The Morgan fingerprint density at radius 2 is 2.14 bits per heavy atom. The van der Waals surface area contributed by atoms with E-state index in [1.807, 2.05) is 18.2 Å². The van der Waals surface area contributed by atoms with Gasteiger partial charge in [0.15, 0.2) is 11.5 Å². The van der Waals surface area contributed by atoms with Gasteiger partial charge in [-0.1, -0.05) is 23.7 Å². The molecule has 0 aliphatic carbocycles. The molecule has 0 saturated heterocycles. The molecule has 21 heavy (non-hydrogen) atoms. The standard InChI is InChI=1S/C16H15ClO4/c1-19-14-7-11(8-15-16(14)21-9-20-15)13(18)6-10-3-2-4-12(17)5-10/h2-5,7-8,13,18H,6,9H2,1H3. The molecule has 110 valence electrons. The summed E-state index contributed by atoms with van der Waals surface area (Å²) in [4.78, 5) is 0. The van der Waals surface area contributed by atoms with Crippen LogP contribution in [0.3, 0.4) is 0 Å². The molecule has 0 saturated carbocycles. The minimum Gasteiger partial charge on any atom is -0.493 e. The molecule has 1 N–H and O–H groups in total. The first-order valence-corrected chi connectivity index (χ1v) is 6.95. The Morgan fingerprint density at radius 1 is 1.29 bits per heavy atom. The molecule has 0 spiro atoms. The first kappa shape index (κ1) is 14.0. The van der Waals surface area contributed by atoms with Gasteiger partial charge in [-0.2, -0.15) is 0 Å². The Labute approximate surface area is 127 Å². The molecular weight excluding hydrogens is 292 g/mol. The van der Waals surface area contributed by atoms with Gasteiger partial charge >= 0.3 is 0 Å². The van der Waals surface area contributed by atoms with Crippen molar-refractivity contribution in [2.24, 2.45) is 0 Å². The lowest BCUT2D eigenvalue weighted by Gasteiger charge is -2.14. The van der Waals surface area contributed by atoms with Crippen LogP contribution in [0.25, 0.3) is 0 Å². The Morgan fingerprint density at radius 3 is 2.90 bits per heavy atom. The molecule has 1 atom stereocenters. The van der Waals surface area contributed by atoms with E-state index in [0.29, 0.717) is 28.7 Å². The predicted octanol–water partition coefficient (Wildman–Crippen LogP) is 3.35. The van der Waals surface area contributed by atoms with E-state index < -0.39 is 6.10 Å². The molecule has 3 rings (SSSR count). The van der Waals surface area contributed by atoms with Crippen molar-refractivity contribution in [3.05, 3.63) is 52.5 Å². The van der Waals surface area contributed by atoms with Crippen LogP contribution in [-0.4, -0.2) is 19.0 Å². The third kappa shape index (κ3) is 2.91. The number of halogens is 1. The number of aliphatic hydroxyl groups is 1. The number of aliphatic hydroxyl groups excluding tert-OH is 1. The SMILES string of the molecule is COc1cc(C(O)Cc2cccc(Cl)c2)cc2c1OCO2. The van der Waals surface area contributed by atoms with Crippen LogP contribution in [0.1, 0.15) is 17.2 Å². The molecule has 2 aromatic carbocycles. The van der Waals surface area contributed by atoms with Gasteiger partial charge in [0, 0.05) is 11.4 Å². The predicted molar refractivity (Wildman–Crippen MR) is 79.2 cm³/mol. The first-order chi connectivity index (χ1) is 10.2. The summed E-state index contributed by atoms with van der Waals surface area (Å²) in [5.41, 5.74) is 1.68. The molecule has 0 amide bonds. The van der Waals surface area contributed by atoms with E-state index in [0.717, 1.165) is 11.1 Å². The van der Waals surface area contributed by atoms with Crippen molar-refractivity contribution in [1.82, 2.24) is 0 Å². The fourth-order valence-electron chi connectivity index (χ4n) is 2.35. The molecule has 0 fully saturated rings. The number of hydrogen-bond donors (Lipinski definition) is 1. The van der Waals surface area contributed by atoms with Crippen LogP contribution in [0.2, 0.25) is 5.02 Å². The van der Waals surface area contributed by atoms with Crippen molar-refractivity contribution in [2.45, 2.75) is 12.5 Å². The van der Waals surface area contributed by atoms with Crippen molar-refractivity contribution >= 4 is 11.6 Å². The van der Waals surface area contributed by atoms with Gasteiger partial charge < -0.3 is 19.3 Å². The highest BCUT2D eigenvalue weighted by Gasteiger charge is 2.22. The zero-order valence-corrected chi connectivity index (χ0v) is 12.3. The maximum Gasteiger partial charge on any atom is 0.231 e. The van der Waals surface area contributed by atoms with Gasteiger partial charge in [-0.3, -0.25) is 0 Å². The monoisotopic (exact) mass is 306 g/mol. The van der Waals surface area contributed by atoms with Crippen molar-refractivity contribution in [1.29, 1.82) is 0 Å². The molecule has 5 heteroatoms. The van der Waals surface area contributed by atoms with E-state index in [1.165, 1.54) is 0 Å². The van der Waals surface area contributed by atoms with Gasteiger partial charge in [0.2, 0.25) is 12.5 Å². The normalized spacial score (nSPS) is 14.0. The van der Waals surface area contributed by atoms with Crippen LogP contribution >= 0.6 is 11.6 Å². The van der Waals surface area contributed by atoms with Gasteiger partial charge in [0.05, 0.1) is 13.2 Å². The van der Waals surface area contributed by atoms with Crippen LogP contribution in [0.15, 0.2) is 36.4 Å². The maximum atomic E-state index is 10.4. The van der Waals surface area contributed by atoms with Gasteiger partial charge in [-0.25, -0.2) is 0 Å². The minimum atomic E-state index is -0.674. The van der Waals surface area contributed by atoms with Crippen molar-refractivity contribution in [3.63, 3.8) is 0 Å². The third-order valence-electron chi connectivity index (χ3n) is 3.38. The first-order valence-electron chi connectivity index (χ1n) is 6.57. The number of methoxy groups -OCH3 is 1. The van der Waals surface area contributed by atoms with E-state index in [1.54, 1.807) is 25.3 Å². The second kappa shape index (κ2) is 5.84. The summed E-state index contributed by atoms with van der Waals surface area (Å²) in [6.45, 7) is 0.166. The molecular formula is C16H15ClO4. The average Bonchev–Trinajstić information content (AvgIpc) is 2.94. The smallest absolute Gasteiger partial charge is 0.231 e. The molecule has 1 aliphatic heterocycles. The van der Waals surface area contributed by atoms with Gasteiger partial charge in [-0.15, -0.1) is 0 Å². The lowest BCUT2D eigenvalue weighted by atomic mass is 10.0. The molecule has 0 bridgehead atoms. The fourth-order valence-corrected chi connectivity index (χ4v) is 2.56. The van der Waals surface area contributed by atoms with Gasteiger partial charge in [0.25, 0.3) is 0 Å². The van der Waals surface area contributed by atoms with Gasteiger partial charge in [-0.05, 0) is 35.4 Å². The highest BCUT2D eigenvalue weighted by atomic mass is 35.5. The highest BCUT2D eigenvalue weighted by molar-refractivity contribution is 6.30. The zero-order chi connectivity index (χ0) is 14.8. The average molecular weight is 307 g/mol. The van der Waals surface area contributed by atoms with Crippen molar-refractivity contribution < 1.29 is 19.3 Å². The molecule has 0 aromatic heterocycles. The van der Waals surface area contributed by atoms with E-state index in [-0.39, 0.29) is 6.79 Å². The Balaban J connectivity index is 1.86. The van der Waals surface area contributed by atoms with Gasteiger partial charge in [0.1, 0.15) is 0 Å². The van der Waals surface area contributed by atoms with Crippen molar-refractivity contribution in [3.8, 4) is 17.2 Å². The Bertz CT molecular complexity index is 657. The summed E-state index contributed by atoms with van der Waals surface area (Å²) in [5, 5.41) is 11.1. The fraction of sp³-hybridized carbons (Fsp3) is 0.250. The minimum absolute atomic E-state index is 0.166. The van der Waals surface area contributed by atoms with E-state index in [9.17, 15) is 5.11 Å². The number of ether oxygens (including phenoxy) is 3. The van der Waals surface area contributed by atoms with E-state index >= 15 is 0 Å². The summed E-state index contributed by atoms with van der Waals surface area (Å²) in [5.74, 6) is 1.73. The van der Waals surface area contributed by atoms with E-state index in [4.69, 9.17) is 25.8 Å². The second-order valence-corrected chi connectivity index (χ2v) is 5.24. The number of hydrogen-bond acceptors (Lipinski definition) is 4. The third-order valence-corrected chi connectivity index (χ3v) is 3.62. The maximum absolute atomic E-state index is 10.4.